The van der Waals surface area contributed by atoms with Crippen LogP contribution in [0.1, 0.15) is 10.4 Å². The summed E-state index contributed by atoms with van der Waals surface area (Å²) in [5.41, 5.74) is 3.44. The van der Waals surface area contributed by atoms with E-state index < -0.39 is 0 Å². The summed E-state index contributed by atoms with van der Waals surface area (Å²) in [6.07, 6.45) is 0.770. The Labute approximate surface area is 122 Å². The largest absolute Gasteiger partial charge is 0.298 e. The van der Waals surface area contributed by atoms with Gasteiger partial charge in [0.1, 0.15) is 6.29 Å². The first kappa shape index (κ1) is 15.7. The van der Waals surface area contributed by atoms with E-state index >= 15 is 0 Å². The van der Waals surface area contributed by atoms with Crippen molar-refractivity contribution >= 4 is 29.8 Å². The van der Waals surface area contributed by atoms with E-state index in [1.807, 2.05) is 25.2 Å². The van der Waals surface area contributed by atoms with Crippen LogP contribution in [0.15, 0.2) is 59.5 Å². The molecule has 0 spiro atoms. The molecule has 0 saturated heterocycles. The Morgan fingerprint density at radius 2 is 1.84 bits per heavy atom. The third-order valence-corrected chi connectivity index (χ3v) is 3.05. The molecule has 0 amide bonds. The molecule has 0 radical (unpaired) electrons. The minimum Gasteiger partial charge on any atom is -0.298 e. The topological polar surface area (TPSA) is 41.1 Å². The number of hydrazine groups is 1. The van der Waals surface area contributed by atoms with E-state index in [0.717, 1.165) is 6.29 Å². The number of halogens is 1. The average Bonchev–Trinajstić information content (AvgIpc) is 2.47. The number of carbonyl (C=O) groups is 1. The second-order valence-electron chi connectivity index (χ2n) is 3.44. The fourth-order valence-electron chi connectivity index (χ4n) is 1.18. The highest BCUT2D eigenvalue weighted by Crippen LogP contribution is 2.11. The van der Waals surface area contributed by atoms with Gasteiger partial charge >= 0.3 is 0 Å². The minimum absolute atomic E-state index is 0.597. The molecule has 3 nitrogen and oxygen atoms in total. The van der Waals surface area contributed by atoms with Gasteiger partial charge in [0.05, 0.1) is 0 Å². The summed E-state index contributed by atoms with van der Waals surface area (Å²) in [4.78, 5) is 14.2. The van der Waals surface area contributed by atoms with Gasteiger partial charge in [-0.1, -0.05) is 41.9 Å². The molecule has 0 heterocycles. The highest BCUT2D eigenvalue weighted by molar-refractivity contribution is 7.97. The lowest BCUT2D eigenvalue weighted by Crippen LogP contribution is -2.18. The third kappa shape index (κ3) is 6.98. The number of benzene rings is 2. The average molecular weight is 295 g/mol. The normalized spacial score (nSPS) is 9.37. The van der Waals surface area contributed by atoms with Crippen LogP contribution in [0, 0.1) is 0 Å². The van der Waals surface area contributed by atoms with Crippen molar-refractivity contribution in [1.29, 1.82) is 0 Å². The molecule has 0 fully saturated rings. The second-order valence-corrected chi connectivity index (χ2v) is 4.76. The zero-order valence-electron chi connectivity index (χ0n) is 10.5. The molecule has 100 valence electrons. The molecule has 2 aromatic rings. The molecular formula is C14H15ClN2OS. The molecule has 0 bridgehead atoms. The van der Waals surface area contributed by atoms with Crippen molar-refractivity contribution < 1.29 is 4.79 Å². The maximum absolute atomic E-state index is 10.1. The fraction of sp³-hybridized carbons (Fsp3) is 0.0714. The monoisotopic (exact) mass is 294 g/mol. The van der Waals surface area contributed by atoms with E-state index in [2.05, 4.69) is 22.4 Å². The Hall–Kier alpha value is -1.33. The van der Waals surface area contributed by atoms with Crippen LogP contribution in [0.5, 0.6) is 0 Å². The minimum atomic E-state index is 0.597. The molecule has 2 rings (SSSR count). The number of aldehydes is 1. The van der Waals surface area contributed by atoms with Crippen LogP contribution in [0.25, 0.3) is 0 Å². The molecular weight excluding hydrogens is 280 g/mol. The maximum Gasteiger partial charge on any atom is 0.150 e. The van der Waals surface area contributed by atoms with Gasteiger partial charge in [-0.15, -0.1) is 0 Å². The van der Waals surface area contributed by atoms with Crippen LogP contribution in [0.4, 0.5) is 0 Å². The van der Waals surface area contributed by atoms with E-state index in [4.69, 9.17) is 11.6 Å². The molecule has 19 heavy (non-hydrogen) atoms. The molecule has 0 aliphatic carbocycles. The van der Waals surface area contributed by atoms with Crippen molar-refractivity contribution in [2.24, 2.45) is 0 Å². The summed E-state index contributed by atoms with van der Waals surface area (Å²) in [6.45, 7) is 0. The summed E-state index contributed by atoms with van der Waals surface area (Å²) < 4.78 is 0. The van der Waals surface area contributed by atoms with Gasteiger partial charge in [-0.05, 0) is 43.3 Å². The molecule has 2 N–H and O–H groups in total. The van der Waals surface area contributed by atoms with Crippen LogP contribution in [-0.2, 0) is 0 Å². The summed E-state index contributed by atoms with van der Waals surface area (Å²) >= 11 is 7.12. The molecule has 0 unspecified atom stereocenters. The predicted octanol–water partition coefficient (Wildman–Crippen LogP) is 3.57. The molecule has 0 aromatic heterocycles. The maximum atomic E-state index is 10.1. The number of hydrogen-bond donors (Lipinski definition) is 2. The van der Waals surface area contributed by atoms with Gasteiger partial charge in [-0.2, -0.15) is 4.83 Å². The van der Waals surface area contributed by atoms with Crippen LogP contribution < -0.4 is 10.3 Å². The number of hydrogen-bond acceptors (Lipinski definition) is 4. The lowest BCUT2D eigenvalue weighted by molar-refractivity contribution is 0.112. The summed E-state index contributed by atoms with van der Waals surface area (Å²) in [7, 11) is 1.84. The van der Waals surface area contributed by atoms with E-state index in [9.17, 15) is 4.79 Å². The third-order valence-electron chi connectivity index (χ3n) is 2.00. The molecule has 0 aliphatic rings. The smallest absolute Gasteiger partial charge is 0.150 e. The number of carbonyl (C=O) groups excluding carboxylic acids is 1. The molecule has 0 atom stereocenters. The predicted molar refractivity (Wildman–Crippen MR) is 81.3 cm³/mol. The Kier molecular flexibility index (Phi) is 7.93. The molecule has 0 saturated carbocycles. The van der Waals surface area contributed by atoms with Crippen molar-refractivity contribution in [3.05, 3.63) is 65.2 Å². The van der Waals surface area contributed by atoms with Crippen LogP contribution >= 0.6 is 23.5 Å². The Morgan fingerprint density at radius 3 is 2.37 bits per heavy atom. The van der Waals surface area contributed by atoms with E-state index in [1.165, 1.54) is 4.90 Å². The lowest BCUT2D eigenvalue weighted by Gasteiger charge is -1.99. The highest BCUT2D eigenvalue weighted by Gasteiger charge is 1.88. The zero-order chi connectivity index (χ0) is 13.9. The zero-order valence-corrected chi connectivity index (χ0v) is 12.0. The summed E-state index contributed by atoms with van der Waals surface area (Å²) in [6, 6.07) is 16.9. The van der Waals surface area contributed by atoms with Crippen molar-refractivity contribution in [3.8, 4) is 0 Å². The quantitative estimate of drug-likeness (QED) is 0.514. The Morgan fingerprint density at radius 1 is 1.11 bits per heavy atom. The second kappa shape index (κ2) is 9.58. The van der Waals surface area contributed by atoms with Crippen LogP contribution in [-0.4, -0.2) is 13.3 Å². The van der Waals surface area contributed by atoms with Crippen LogP contribution in [0.2, 0.25) is 5.02 Å². The Balaban J connectivity index is 0.000000191. The van der Waals surface area contributed by atoms with Crippen molar-refractivity contribution in [2.45, 2.75) is 4.90 Å². The van der Waals surface area contributed by atoms with Gasteiger partial charge in [-0.3, -0.25) is 10.2 Å². The first-order valence-electron chi connectivity index (χ1n) is 5.60. The van der Waals surface area contributed by atoms with Crippen molar-refractivity contribution in [1.82, 2.24) is 10.3 Å². The molecule has 5 heteroatoms. The van der Waals surface area contributed by atoms with E-state index in [1.54, 1.807) is 36.2 Å². The van der Waals surface area contributed by atoms with E-state index in [-0.39, 0.29) is 0 Å². The van der Waals surface area contributed by atoms with Gasteiger partial charge in [0, 0.05) is 15.5 Å². The van der Waals surface area contributed by atoms with Gasteiger partial charge < -0.3 is 0 Å². The highest BCUT2D eigenvalue weighted by atomic mass is 35.5. The van der Waals surface area contributed by atoms with Crippen molar-refractivity contribution in [3.63, 3.8) is 0 Å². The first-order valence-corrected chi connectivity index (χ1v) is 6.80. The molecule has 0 aliphatic heterocycles. The van der Waals surface area contributed by atoms with Gasteiger partial charge in [0.25, 0.3) is 0 Å². The molecule has 2 aromatic carbocycles. The summed E-state index contributed by atoms with van der Waals surface area (Å²) in [5, 5.41) is 0.597. The van der Waals surface area contributed by atoms with Crippen molar-refractivity contribution in [2.75, 3.05) is 7.05 Å². The van der Waals surface area contributed by atoms with Crippen LogP contribution in [0.3, 0.4) is 0 Å². The number of nitrogens with one attached hydrogen (secondary N) is 2. The Bertz CT molecular complexity index is 494. The van der Waals surface area contributed by atoms with Gasteiger partial charge in [0.2, 0.25) is 0 Å². The summed E-state index contributed by atoms with van der Waals surface area (Å²) in [5.74, 6) is 0. The van der Waals surface area contributed by atoms with E-state index in [0.29, 0.717) is 10.6 Å². The van der Waals surface area contributed by atoms with Gasteiger partial charge in [-0.25, -0.2) is 0 Å². The lowest BCUT2D eigenvalue weighted by atomic mass is 10.2. The SMILES string of the molecule is CNNSc1ccccc1.O=Cc1cccc(Cl)c1. The standard InChI is InChI=1S/C7H5ClO.C7H10N2S/c8-7-3-1-2-6(4-7)5-9;1-8-9-10-7-5-3-2-4-6-7/h1-5H;2-6,8-9H,1H3. The fourth-order valence-corrected chi connectivity index (χ4v) is 1.89. The number of rotatable bonds is 4. The first-order chi connectivity index (χ1) is 9.26. The van der Waals surface area contributed by atoms with Gasteiger partial charge in [0.15, 0.2) is 0 Å².